The zero-order valence-electron chi connectivity index (χ0n) is 11.9. The lowest BCUT2D eigenvalue weighted by Crippen LogP contribution is -2.32. The van der Waals surface area contributed by atoms with Crippen molar-refractivity contribution in [2.24, 2.45) is 5.73 Å². The average molecular weight is 271 g/mol. The first-order chi connectivity index (χ1) is 9.66. The molecule has 106 valence electrons. The summed E-state index contributed by atoms with van der Waals surface area (Å²) in [5.74, 6) is 0. The molecule has 1 aromatic carbocycles. The van der Waals surface area contributed by atoms with Gasteiger partial charge in [-0.15, -0.1) is 0 Å². The van der Waals surface area contributed by atoms with Crippen molar-refractivity contribution < 1.29 is 0 Å². The maximum absolute atomic E-state index is 11.9. The molecule has 0 amide bonds. The molecule has 3 N–H and O–H groups in total. The maximum atomic E-state index is 11.9. The van der Waals surface area contributed by atoms with E-state index in [1.54, 1.807) is 10.8 Å². The highest BCUT2D eigenvalue weighted by Gasteiger charge is 2.34. The van der Waals surface area contributed by atoms with Crippen LogP contribution >= 0.6 is 0 Å². The minimum absolute atomic E-state index is 0.0899. The lowest BCUT2D eigenvalue weighted by Gasteiger charge is -2.28. The molecule has 0 spiro atoms. The van der Waals surface area contributed by atoms with E-state index in [0.717, 1.165) is 24.2 Å². The van der Waals surface area contributed by atoms with Crippen LogP contribution in [0.3, 0.4) is 0 Å². The van der Waals surface area contributed by atoms with Crippen LogP contribution in [0.15, 0.2) is 35.3 Å². The van der Waals surface area contributed by atoms with E-state index in [-0.39, 0.29) is 11.1 Å². The zero-order chi connectivity index (χ0) is 14.2. The molecule has 0 radical (unpaired) electrons. The van der Waals surface area contributed by atoms with E-state index in [9.17, 15) is 4.79 Å². The molecule has 0 saturated heterocycles. The Morgan fingerprint density at radius 1 is 1.35 bits per heavy atom. The van der Waals surface area contributed by atoms with E-state index >= 15 is 0 Å². The van der Waals surface area contributed by atoms with Crippen molar-refractivity contribution in [2.45, 2.75) is 38.0 Å². The lowest BCUT2D eigenvalue weighted by molar-refractivity contribution is 0.453. The van der Waals surface area contributed by atoms with Gasteiger partial charge in [0.1, 0.15) is 0 Å². The predicted molar refractivity (Wildman–Crippen MR) is 80.3 cm³/mol. The van der Waals surface area contributed by atoms with Gasteiger partial charge in [-0.25, -0.2) is 4.79 Å². The Balaban J connectivity index is 2.08. The largest absolute Gasteiger partial charge is 0.330 e. The highest BCUT2D eigenvalue weighted by atomic mass is 16.1. The third kappa shape index (κ3) is 2.00. The van der Waals surface area contributed by atoms with Crippen molar-refractivity contribution in [2.75, 3.05) is 6.54 Å². The fourth-order valence-corrected chi connectivity index (χ4v) is 3.41. The zero-order valence-corrected chi connectivity index (χ0v) is 11.9. The SMILES string of the molecule is Cc1c[nH]c(=O)n1-c1cccc(C2(CN)CCCC2)c1. The lowest BCUT2D eigenvalue weighted by atomic mass is 9.79. The van der Waals surface area contributed by atoms with Crippen LogP contribution in [0.25, 0.3) is 5.69 Å². The second-order valence-corrected chi connectivity index (χ2v) is 5.81. The standard InChI is InChI=1S/C16H21N3O/c1-12-10-18-15(20)19(12)14-6-4-5-13(9-14)16(11-17)7-2-3-8-16/h4-6,9-10H,2-3,7-8,11,17H2,1H3,(H,18,20). The van der Waals surface area contributed by atoms with E-state index < -0.39 is 0 Å². The number of hydrogen-bond acceptors (Lipinski definition) is 2. The summed E-state index contributed by atoms with van der Waals surface area (Å²) in [6.07, 6.45) is 6.51. The Hall–Kier alpha value is -1.81. The molecule has 4 nitrogen and oxygen atoms in total. The van der Waals surface area contributed by atoms with Gasteiger partial charge in [-0.3, -0.25) is 4.57 Å². The molecule has 1 saturated carbocycles. The van der Waals surface area contributed by atoms with Gasteiger partial charge in [0.05, 0.1) is 5.69 Å². The summed E-state index contributed by atoms with van der Waals surface area (Å²) in [6, 6.07) is 8.28. The third-order valence-electron chi connectivity index (χ3n) is 4.63. The molecule has 4 heteroatoms. The van der Waals surface area contributed by atoms with Crippen LogP contribution < -0.4 is 11.4 Å². The first kappa shape index (κ1) is 13.2. The Labute approximate surface area is 118 Å². The van der Waals surface area contributed by atoms with Crippen molar-refractivity contribution >= 4 is 0 Å². The minimum Gasteiger partial charge on any atom is -0.330 e. The van der Waals surface area contributed by atoms with E-state index in [1.807, 2.05) is 19.1 Å². The Kier molecular flexibility index (Phi) is 3.26. The van der Waals surface area contributed by atoms with Gasteiger partial charge in [-0.2, -0.15) is 0 Å². The topological polar surface area (TPSA) is 63.8 Å². The van der Waals surface area contributed by atoms with E-state index in [2.05, 4.69) is 17.1 Å². The molecule has 2 aromatic rings. The van der Waals surface area contributed by atoms with E-state index in [0.29, 0.717) is 6.54 Å². The van der Waals surface area contributed by atoms with E-state index in [1.165, 1.54) is 18.4 Å². The molecule has 0 aliphatic heterocycles. The number of aromatic amines is 1. The molecule has 20 heavy (non-hydrogen) atoms. The number of rotatable bonds is 3. The molecular weight excluding hydrogens is 250 g/mol. The summed E-state index contributed by atoms with van der Waals surface area (Å²) >= 11 is 0. The van der Waals surface area contributed by atoms with Gasteiger partial charge in [0, 0.05) is 23.9 Å². The normalized spacial score (nSPS) is 17.5. The highest BCUT2D eigenvalue weighted by molar-refractivity contribution is 5.41. The number of nitrogens with zero attached hydrogens (tertiary/aromatic N) is 1. The Morgan fingerprint density at radius 3 is 2.70 bits per heavy atom. The molecule has 3 rings (SSSR count). The van der Waals surface area contributed by atoms with Gasteiger partial charge < -0.3 is 10.7 Å². The number of hydrogen-bond donors (Lipinski definition) is 2. The van der Waals surface area contributed by atoms with Crippen molar-refractivity contribution in [1.29, 1.82) is 0 Å². The van der Waals surface area contributed by atoms with Crippen LogP contribution in [0.2, 0.25) is 0 Å². The van der Waals surface area contributed by atoms with Gasteiger partial charge in [0.15, 0.2) is 0 Å². The van der Waals surface area contributed by atoms with Gasteiger partial charge in [0.2, 0.25) is 0 Å². The molecule has 1 aromatic heterocycles. The van der Waals surface area contributed by atoms with Crippen LogP contribution in [0, 0.1) is 6.92 Å². The first-order valence-corrected chi connectivity index (χ1v) is 7.24. The second kappa shape index (κ2) is 4.94. The number of aryl methyl sites for hydroxylation is 1. The maximum Gasteiger partial charge on any atom is 0.330 e. The van der Waals surface area contributed by atoms with Crippen molar-refractivity contribution in [3.05, 3.63) is 52.2 Å². The van der Waals surface area contributed by atoms with Crippen molar-refractivity contribution in [3.63, 3.8) is 0 Å². The van der Waals surface area contributed by atoms with Gasteiger partial charge in [0.25, 0.3) is 0 Å². The fraction of sp³-hybridized carbons (Fsp3) is 0.438. The summed E-state index contributed by atoms with van der Waals surface area (Å²) in [4.78, 5) is 14.6. The summed E-state index contributed by atoms with van der Waals surface area (Å²) in [7, 11) is 0. The Morgan fingerprint density at radius 2 is 2.10 bits per heavy atom. The van der Waals surface area contributed by atoms with Crippen molar-refractivity contribution in [3.8, 4) is 5.69 Å². The van der Waals surface area contributed by atoms with Gasteiger partial charge >= 0.3 is 5.69 Å². The quantitative estimate of drug-likeness (QED) is 0.899. The first-order valence-electron chi connectivity index (χ1n) is 7.24. The monoisotopic (exact) mass is 271 g/mol. The smallest absolute Gasteiger partial charge is 0.330 e. The number of aromatic nitrogens is 2. The summed E-state index contributed by atoms with van der Waals surface area (Å²) in [6.45, 7) is 2.61. The number of benzene rings is 1. The average Bonchev–Trinajstić information content (AvgIpc) is 3.07. The molecule has 1 aliphatic carbocycles. The van der Waals surface area contributed by atoms with Gasteiger partial charge in [-0.1, -0.05) is 25.0 Å². The molecule has 1 fully saturated rings. The molecule has 1 heterocycles. The van der Waals surface area contributed by atoms with Gasteiger partial charge in [-0.05, 0) is 37.5 Å². The molecule has 0 bridgehead atoms. The number of nitrogens with one attached hydrogen (secondary N) is 1. The van der Waals surface area contributed by atoms with Crippen LogP contribution in [-0.2, 0) is 5.41 Å². The van der Waals surface area contributed by atoms with Crippen molar-refractivity contribution in [1.82, 2.24) is 9.55 Å². The van der Waals surface area contributed by atoms with Crippen LogP contribution in [-0.4, -0.2) is 16.1 Å². The summed E-state index contributed by atoms with van der Waals surface area (Å²) in [5, 5.41) is 0. The minimum atomic E-state index is -0.0899. The molecule has 0 atom stereocenters. The predicted octanol–water partition coefficient (Wildman–Crippen LogP) is 2.24. The Bertz CT molecular complexity index is 662. The highest BCUT2D eigenvalue weighted by Crippen LogP contribution is 2.40. The molecular formula is C16H21N3O. The summed E-state index contributed by atoms with van der Waals surface area (Å²) < 4.78 is 1.71. The molecule has 1 aliphatic rings. The second-order valence-electron chi connectivity index (χ2n) is 5.81. The summed E-state index contributed by atoms with van der Waals surface area (Å²) in [5.41, 5.74) is 9.17. The van der Waals surface area contributed by atoms with E-state index in [4.69, 9.17) is 5.73 Å². The third-order valence-corrected chi connectivity index (χ3v) is 4.63. The number of nitrogens with two attached hydrogens (primary N) is 1. The number of H-pyrrole nitrogens is 1. The van der Waals surface area contributed by atoms with Crippen LogP contribution in [0.4, 0.5) is 0 Å². The molecule has 0 unspecified atom stereocenters. The number of imidazole rings is 1. The fourth-order valence-electron chi connectivity index (χ4n) is 3.41. The van der Waals surface area contributed by atoms with Crippen LogP contribution in [0.5, 0.6) is 0 Å². The van der Waals surface area contributed by atoms with Crippen LogP contribution in [0.1, 0.15) is 36.9 Å².